The minimum Gasteiger partial charge on any atom is -0.352 e. The van der Waals surface area contributed by atoms with Crippen molar-refractivity contribution in [3.8, 4) is 0 Å². The molecule has 0 saturated heterocycles. The van der Waals surface area contributed by atoms with E-state index in [0.29, 0.717) is 11.5 Å². The molecule has 4 aromatic rings. The average Bonchev–Trinajstić information content (AvgIpc) is 2.85. The van der Waals surface area contributed by atoms with Crippen LogP contribution < -0.4 is 10.9 Å². The summed E-state index contributed by atoms with van der Waals surface area (Å²) >= 11 is 0. The smallest absolute Gasteiger partial charge is 0.260 e. The lowest BCUT2D eigenvalue weighted by atomic mass is 10.1. The van der Waals surface area contributed by atoms with Crippen molar-refractivity contribution < 1.29 is 13.6 Å². The molecule has 4 rings (SSSR count). The zero-order valence-electron chi connectivity index (χ0n) is 19.8. The Balaban J connectivity index is 1.56. The molecule has 0 radical (unpaired) electrons. The van der Waals surface area contributed by atoms with Gasteiger partial charge >= 0.3 is 0 Å². The van der Waals surface area contributed by atoms with Gasteiger partial charge < -0.3 is 15.2 Å². The maximum absolute atomic E-state index is 13.7. The number of pyridine rings is 1. The normalized spacial score (nSPS) is 11.4. The second kappa shape index (κ2) is 10.9. The summed E-state index contributed by atoms with van der Waals surface area (Å²) in [5, 5.41) is 4.03. The third kappa shape index (κ3) is 5.99. The highest BCUT2D eigenvalue weighted by Crippen LogP contribution is 2.17. The maximum atomic E-state index is 13.7. The summed E-state index contributed by atoms with van der Waals surface area (Å²) < 4.78 is 27.1. The molecule has 36 heavy (non-hydrogen) atoms. The molecule has 0 aliphatic heterocycles. The number of carbonyl (C=O) groups is 1. The number of anilines is 1. The molecule has 184 valence electrons. The van der Waals surface area contributed by atoms with Gasteiger partial charge in [-0.1, -0.05) is 24.3 Å². The molecule has 0 aliphatic rings. The van der Waals surface area contributed by atoms with Crippen LogP contribution in [0.3, 0.4) is 0 Å². The molecule has 0 unspecified atom stereocenters. The van der Waals surface area contributed by atoms with E-state index < -0.39 is 23.1 Å². The first-order chi connectivity index (χ1) is 17.3. The van der Waals surface area contributed by atoms with Crippen molar-refractivity contribution >= 4 is 28.8 Å². The number of rotatable bonds is 8. The van der Waals surface area contributed by atoms with Gasteiger partial charge in [0, 0.05) is 36.9 Å². The Bertz CT molecular complexity index is 1480. The summed E-state index contributed by atoms with van der Waals surface area (Å²) in [6.07, 6.45) is 6.78. The lowest BCUT2D eigenvalue weighted by Gasteiger charge is -2.21. The first-order valence-corrected chi connectivity index (χ1v) is 11.4. The number of hydrogen-bond donors (Lipinski definition) is 2. The molecule has 2 aromatic heterocycles. The fraction of sp³-hybridized carbons (Fsp3) is 0.185. The van der Waals surface area contributed by atoms with Gasteiger partial charge in [-0.3, -0.25) is 9.59 Å². The Morgan fingerprint density at radius 2 is 1.97 bits per heavy atom. The van der Waals surface area contributed by atoms with Crippen LogP contribution in [0.4, 0.5) is 14.7 Å². The van der Waals surface area contributed by atoms with Crippen molar-refractivity contribution in [1.82, 2.24) is 19.9 Å². The van der Waals surface area contributed by atoms with Crippen LogP contribution in [0.15, 0.2) is 71.8 Å². The molecule has 2 N–H and O–H groups in total. The highest BCUT2D eigenvalue weighted by molar-refractivity contribution is 5.94. The lowest BCUT2D eigenvalue weighted by molar-refractivity contribution is 0.0761. The molecule has 2 aromatic carbocycles. The Morgan fingerprint density at radius 1 is 1.14 bits per heavy atom. The number of aromatic amines is 1. The summed E-state index contributed by atoms with van der Waals surface area (Å²) in [6.45, 7) is 4.15. The number of fused-ring (bicyclic) bond motifs is 1. The molecular weight excluding hydrogens is 464 g/mol. The summed E-state index contributed by atoms with van der Waals surface area (Å²) in [4.78, 5) is 38.0. The van der Waals surface area contributed by atoms with Gasteiger partial charge in [-0.05, 0) is 61.4 Å². The van der Waals surface area contributed by atoms with Crippen LogP contribution >= 0.6 is 0 Å². The summed E-state index contributed by atoms with van der Waals surface area (Å²) in [6, 6.07) is 12.4. The molecule has 2 heterocycles. The van der Waals surface area contributed by atoms with Crippen molar-refractivity contribution in [2.45, 2.75) is 26.4 Å². The quantitative estimate of drug-likeness (QED) is 0.372. The number of nitrogens with zero attached hydrogens (tertiary/aromatic N) is 3. The largest absolute Gasteiger partial charge is 0.352 e. The third-order valence-electron chi connectivity index (χ3n) is 5.35. The molecule has 7 nitrogen and oxygen atoms in total. The van der Waals surface area contributed by atoms with Crippen LogP contribution in [-0.4, -0.2) is 38.3 Å². The van der Waals surface area contributed by atoms with Gasteiger partial charge in [-0.15, -0.1) is 0 Å². The van der Waals surface area contributed by atoms with Crippen molar-refractivity contribution in [2.24, 2.45) is 0 Å². The van der Waals surface area contributed by atoms with Crippen LogP contribution in [-0.2, 0) is 6.54 Å². The molecular formula is C27H25F2N5O2. The number of hydrogen-bond acceptors (Lipinski definition) is 5. The van der Waals surface area contributed by atoms with E-state index in [1.54, 1.807) is 18.3 Å². The lowest BCUT2D eigenvalue weighted by Crippen LogP contribution is -2.34. The van der Waals surface area contributed by atoms with Gasteiger partial charge in [0.25, 0.3) is 11.5 Å². The number of benzene rings is 2. The predicted octanol–water partition coefficient (Wildman–Crippen LogP) is 4.77. The fourth-order valence-corrected chi connectivity index (χ4v) is 3.64. The molecule has 9 heteroatoms. The first kappa shape index (κ1) is 24.7. The minimum absolute atomic E-state index is 0.00804. The van der Waals surface area contributed by atoms with Gasteiger partial charge in [0.1, 0.15) is 5.56 Å². The fourth-order valence-electron chi connectivity index (χ4n) is 3.64. The Labute approximate surface area is 206 Å². The van der Waals surface area contributed by atoms with Crippen LogP contribution in [0.25, 0.3) is 17.0 Å². The standard InChI is InChI=1S/C27H25F2N5O2/c1-17(2)32-27-31-15-20-13-18(8-10-24(20)33-27)5-4-12-34(16-19-7-9-22(28)23(29)14-19)26(36)21-6-3-11-30-25(21)35/h3-11,13-15,17H,12,16H2,1-2H3,(H,30,35)(H,31,32,33)/b5-4+. The topological polar surface area (TPSA) is 91.0 Å². The van der Waals surface area contributed by atoms with Crippen LogP contribution in [0.1, 0.15) is 35.3 Å². The maximum Gasteiger partial charge on any atom is 0.260 e. The van der Waals surface area contributed by atoms with Gasteiger partial charge in [-0.25, -0.2) is 18.7 Å². The summed E-state index contributed by atoms with van der Waals surface area (Å²) in [7, 11) is 0. The van der Waals surface area contributed by atoms with Gasteiger partial charge in [-0.2, -0.15) is 0 Å². The zero-order chi connectivity index (χ0) is 25.7. The second-order valence-corrected chi connectivity index (χ2v) is 8.56. The van der Waals surface area contributed by atoms with E-state index in [4.69, 9.17) is 0 Å². The van der Waals surface area contributed by atoms with Crippen molar-refractivity contribution in [1.29, 1.82) is 0 Å². The van der Waals surface area contributed by atoms with Crippen molar-refractivity contribution in [3.63, 3.8) is 0 Å². The first-order valence-electron chi connectivity index (χ1n) is 11.4. The number of carbonyl (C=O) groups excluding carboxylic acids is 1. The van der Waals surface area contributed by atoms with Crippen molar-refractivity contribution in [3.05, 3.63) is 106 Å². The van der Waals surface area contributed by atoms with E-state index in [0.717, 1.165) is 28.6 Å². The summed E-state index contributed by atoms with van der Waals surface area (Å²) in [5.74, 6) is -1.94. The van der Waals surface area contributed by atoms with Crippen LogP contribution in [0, 0.1) is 11.6 Å². The number of H-pyrrole nitrogens is 1. The van der Waals surface area contributed by atoms with Gasteiger partial charge in [0.05, 0.1) is 5.52 Å². The van der Waals surface area contributed by atoms with Gasteiger partial charge in [0.2, 0.25) is 5.95 Å². The third-order valence-corrected chi connectivity index (χ3v) is 5.35. The minimum atomic E-state index is -1.00. The van der Waals surface area contributed by atoms with E-state index in [1.165, 1.54) is 23.2 Å². The summed E-state index contributed by atoms with van der Waals surface area (Å²) in [5.41, 5.74) is 1.50. The Kier molecular flexibility index (Phi) is 7.48. The number of halogens is 2. The van der Waals surface area contributed by atoms with Gasteiger partial charge in [0.15, 0.2) is 11.6 Å². The Morgan fingerprint density at radius 3 is 2.72 bits per heavy atom. The highest BCUT2D eigenvalue weighted by atomic mass is 19.2. The molecule has 0 saturated carbocycles. The second-order valence-electron chi connectivity index (χ2n) is 8.56. The molecule has 0 aliphatic carbocycles. The predicted molar refractivity (Wildman–Crippen MR) is 135 cm³/mol. The molecule has 0 spiro atoms. The molecule has 1 amide bonds. The van der Waals surface area contributed by atoms with E-state index in [1.807, 2.05) is 38.1 Å². The molecule has 0 bridgehead atoms. The molecule has 0 atom stereocenters. The highest BCUT2D eigenvalue weighted by Gasteiger charge is 2.18. The van der Waals surface area contributed by atoms with E-state index in [-0.39, 0.29) is 24.7 Å². The molecule has 0 fully saturated rings. The number of nitrogens with one attached hydrogen (secondary N) is 2. The van der Waals surface area contributed by atoms with E-state index in [9.17, 15) is 18.4 Å². The zero-order valence-corrected chi connectivity index (χ0v) is 19.8. The number of aromatic nitrogens is 3. The van der Waals surface area contributed by atoms with Crippen LogP contribution in [0.2, 0.25) is 0 Å². The average molecular weight is 490 g/mol. The SMILES string of the molecule is CC(C)Nc1ncc2cc(/C=C/CN(Cc3ccc(F)c(F)c3)C(=O)c3ccc[nH]c3=O)ccc2n1. The monoisotopic (exact) mass is 489 g/mol. The van der Waals surface area contributed by atoms with E-state index >= 15 is 0 Å². The number of amides is 1. The Hall–Kier alpha value is -4.40. The van der Waals surface area contributed by atoms with E-state index in [2.05, 4.69) is 20.3 Å². The van der Waals surface area contributed by atoms with Crippen molar-refractivity contribution in [2.75, 3.05) is 11.9 Å². The van der Waals surface area contributed by atoms with Crippen LogP contribution in [0.5, 0.6) is 0 Å².